The van der Waals surface area contributed by atoms with E-state index in [-0.39, 0.29) is 90.3 Å². The second kappa shape index (κ2) is 58.6. The number of nitrogens with one attached hydrogen (secondary N) is 22. The SMILES string of the molecule is CC[C@H](C)[C@H](NC(=O)CNC(=O)[C@@H](NC(=O)[C@@H](NC(=O)[C@H](Cc1c[nH]c2ccccc12)NC(=O)[C@H](CCCNC(=N)N)NC(=O)[C@@H](NC(=O)[C@H](CS)NC(=O)[C@@H](N)CC(=O)O)[C@@H](C)O)[C@@H](C)CC)[C@@H](C)CC)C(=O)N[C@@H](CC(N)=O)C(=O)NCC(=O)N[C@@H](CCCNC(=N)N)C(=O)N[C@H](C(=O)N[C@@H](CS)C(=O)N[C@@H](CCCNC(=N)N)C(=O)N[C@@H](CC(=O)O)C(=O)O)[C@@H](C)CC. The van der Waals surface area contributed by atoms with E-state index in [2.05, 4.69) is 126 Å². The summed E-state index contributed by atoms with van der Waals surface area (Å²) in [7, 11) is 0. The summed E-state index contributed by atoms with van der Waals surface area (Å²) in [4.78, 5) is 261. The van der Waals surface area contributed by atoms with Crippen LogP contribution in [0.3, 0.4) is 0 Å². The molecule has 1 aromatic heterocycles. The number of carboxylic acid groups (broad SMARTS) is 3. The number of aliphatic hydroxyl groups is 1. The van der Waals surface area contributed by atoms with E-state index in [9.17, 15) is 102 Å². The number of aliphatic carboxylic acids is 3. The number of aliphatic hydroxyl groups excluding tert-OH is 1. The molecule has 0 unspecified atom stereocenters. The molecule has 2 rings (SSSR count). The Morgan fingerprint density at radius 2 is 0.718 bits per heavy atom. The summed E-state index contributed by atoms with van der Waals surface area (Å²) < 4.78 is 0. The number of benzene rings is 1. The minimum Gasteiger partial charge on any atom is -0.481 e. The van der Waals surface area contributed by atoms with Crippen LogP contribution in [-0.2, 0) is 97.5 Å². The number of hydrogen-bond acceptors (Lipinski definition) is 26. The predicted molar refractivity (Wildman–Crippen MR) is 482 cm³/mol. The van der Waals surface area contributed by atoms with Crippen LogP contribution in [0.4, 0.5) is 0 Å². The van der Waals surface area contributed by atoms with Gasteiger partial charge in [-0.25, -0.2) is 4.79 Å². The quantitative estimate of drug-likeness (QED) is 0.0127. The van der Waals surface area contributed by atoms with Crippen molar-refractivity contribution >= 4 is 166 Å². The third kappa shape index (κ3) is 41.2. The molecule has 0 bridgehead atoms. The van der Waals surface area contributed by atoms with Gasteiger partial charge >= 0.3 is 17.9 Å². The lowest BCUT2D eigenvalue weighted by Crippen LogP contribution is -2.62. The molecule has 0 radical (unpaired) electrons. The van der Waals surface area contributed by atoms with Gasteiger partial charge in [-0.3, -0.25) is 103 Å². The van der Waals surface area contributed by atoms with Crippen molar-refractivity contribution in [1.82, 2.24) is 101 Å². The Hall–Kier alpha value is -12.9. The fourth-order valence-corrected chi connectivity index (χ4v) is 13.2. The maximum Gasteiger partial charge on any atom is 0.326 e. The zero-order valence-electron chi connectivity index (χ0n) is 74.5. The van der Waals surface area contributed by atoms with Crippen LogP contribution in [0.25, 0.3) is 10.9 Å². The number of aromatic amines is 1. The Balaban J connectivity index is 2.46. The van der Waals surface area contributed by atoms with Crippen molar-refractivity contribution < 1.29 is 112 Å². The minimum atomic E-state index is -1.92. The number of primary amides is 1. The largest absolute Gasteiger partial charge is 0.481 e. The molecule has 0 aliphatic carbocycles. The Morgan fingerprint density at radius 3 is 1.15 bits per heavy atom. The molecule has 732 valence electrons. The lowest BCUT2D eigenvalue weighted by atomic mass is 9.94. The highest BCUT2D eigenvalue weighted by atomic mass is 32.1. The Labute approximate surface area is 766 Å². The van der Waals surface area contributed by atoms with Crippen LogP contribution in [0.15, 0.2) is 30.5 Å². The molecule has 0 saturated heterocycles. The topological polar surface area (TPSA) is 839 Å². The van der Waals surface area contributed by atoms with Crippen molar-refractivity contribution in [3.8, 4) is 0 Å². The van der Waals surface area contributed by atoms with Crippen LogP contribution in [-0.4, -0.2) is 291 Å². The van der Waals surface area contributed by atoms with Crippen molar-refractivity contribution in [2.75, 3.05) is 44.2 Å². The van der Waals surface area contributed by atoms with E-state index in [1.807, 2.05) is 0 Å². The van der Waals surface area contributed by atoms with Gasteiger partial charge < -0.3 is 150 Å². The number of thiol groups is 2. The summed E-state index contributed by atoms with van der Waals surface area (Å²) in [6.45, 7) is 12.4. The molecular weight excluding hydrogens is 1760 g/mol. The average Bonchev–Trinajstić information content (AvgIpc) is 1.70. The lowest BCUT2D eigenvalue weighted by molar-refractivity contribution is -0.147. The van der Waals surface area contributed by atoms with E-state index >= 15 is 4.79 Å². The van der Waals surface area contributed by atoms with Crippen molar-refractivity contribution in [1.29, 1.82) is 16.2 Å². The molecular formula is C79H131N27O23S2. The van der Waals surface area contributed by atoms with Gasteiger partial charge in [0.1, 0.15) is 78.5 Å². The zero-order chi connectivity index (χ0) is 99.2. The Bertz CT molecular complexity index is 4320. The highest BCUT2D eigenvalue weighted by molar-refractivity contribution is 7.80. The first-order chi connectivity index (χ1) is 61.6. The molecule has 19 atom stereocenters. The van der Waals surface area contributed by atoms with E-state index in [4.69, 9.17) is 50.0 Å². The molecule has 1 heterocycles. The van der Waals surface area contributed by atoms with Crippen LogP contribution in [0.2, 0.25) is 0 Å². The highest BCUT2D eigenvalue weighted by Gasteiger charge is 2.41. The van der Waals surface area contributed by atoms with Crippen molar-refractivity contribution in [2.45, 2.75) is 243 Å². The van der Waals surface area contributed by atoms with E-state index in [0.717, 1.165) is 6.92 Å². The van der Waals surface area contributed by atoms with Crippen LogP contribution in [0, 0.1) is 39.9 Å². The average molecular weight is 1890 g/mol. The van der Waals surface area contributed by atoms with E-state index < -0.39 is 289 Å². The summed E-state index contributed by atoms with van der Waals surface area (Å²) >= 11 is 8.30. The first-order valence-corrected chi connectivity index (χ1v) is 43.7. The lowest BCUT2D eigenvalue weighted by Gasteiger charge is -2.30. The van der Waals surface area contributed by atoms with Gasteiger partial charge in [0.05, 0.1) is 44.5 Å². The third-order valence-corrected chi connectivity index (χ3v) is 21.8. The van der Waals surface area contributed by atoms with E-state index in [1.54, 1.807) is 85.9 Å². The molecule has 0 aliphatic heterocycles. The number of carbonyl (C=O) groups excluding carboxylic acids is 16. The molecule has 0 saturated carbocycles. The van der Waals surface area contributed by atoms with Crippen LogP contribution in [0.1, 0.15) is 151 Å². The van der Waals surface area contributed by atoms with Crippen LogP contribution >= 0.6 is 25.3 Å². The number of hydrogen-bond donors (Lipinski definition) is 33. The normalized spacial score (nSPS) is 15.4. The Morgan fingerprint density at radius 1 is 0.382 bits per heavy atom. The summed E-state index contributed by atoms with van der Waals surface area (Å²) in [6, 6.07) is -15.4. The number of rotatable bonds is 62. The van der Waals surface area contributed by atoms with Gasteiger partial charge in [0, 0.05) is 54.7 Å². The number of carboxylic acids is 3. The van der Waals surface area contributed by atoms with Crippen LogP contribution < -0.4 is 124 Å². The smallest absolute Gasteiger partial charge is 0.326 e. The summed E-state index contributed by atoms with van der Waals surface area (Å²) in [5, 5.41) is 106. The number of H-pyrrole nitrogens is 1. The monoisotopic (exact) mass is 1890 g/mol. The summed E-state index contributed by atoms with van der Waals surface area (Å²) in [5.74, 6) is -26.2. The second-order valence-corrected chi connectivity index (χ2v) is 32.2. The molecule has 0 spiro atoms. The number of carbonyl (C=O) groups is 19. The van der Waals surface area contributed by atoms with Gasteiger partial charge in [0.25, 0.3) is 0 Å². The highest BCUT2D eigenvalue weighted by Crippen LogP contribution is 2.22. The number of para-hydroxylation sites is 1. The Kier molecular flexibility index (Phi) is 51.1. The molecule has 52 heteroatoms. The number of nitrogens with two attached hydrogens (primary N) is 5. The minimum absolute atomic E-state index is 0.000716. The maximum absolute atomic E-state index is 15.0. The van der Waals surface area contributed by atoms with Crippen molar-refractivity contribution in [3.63, 3.8) is 0 Å². The van der Waals surface area contributed by atoms with Gasteiger partial charge in [-0.15, -0.1) is 0 Å². The van der Waals surface area contributed by atoms with Gasteiger partial charge in [0.2, 0.25) is 94.5 Å². The van der Waals surface area contributed by atoms with Gasteiger partial charge in [0.15, 0.2) is 17.9 Å². The van der Waals surface area contributed by atoms with Gasteiger partial charge in [-0.1, -0.05) is 99.3 Å². The number of amides is 16. The molecule has 0 fully saturated rings. The number of aromatic nitrogens is 1. The number of guanidine groups is 3. The molecule has 16 amide bonds. The predicted octanol–water partition coefficient (Wildman–Crippen LogP) is -8.30. The first-order valence-electron chi connectivity index (χ1n) is 42.5. The molecule has 131 heavy (non-hydrogen) atoms. The maximum atomic E-state index is 15.0. The van der Waals surface area contributed by atoms with E-state index in [0.29, 0.717) is 16.5 Å². The summed E-state index contributed by atoms with van der Waals surface area (Å²) in [5.41, 5.74) is 28.7. The molecule has 1 aromatic carbocycles. The summed E-state index contributed by atoms with van der Waals surface area (Å²) in [6.07, 6.45) is -2.79. The standard InChI is InChI=1S/C79H131N27O23S2/c1-10-36(5)58(105-74(126)61(39(8)13-4)104-68(120)48(27-41-31-91-44-20-15-14-19-42(41)44)97-65(117)47(23-18-26-90-79(86)87)96-75(127)62(40(9)107)106-70(122)52(35-131)100-63(115)43(80)28-56(111)112)71(123)93-33-55(110)102-59(37(6)11-2)72(124)98-49(29-53(81)108)64(116)92-32-54(109)94-45(21-16-24-88-77(82)83)67(119)103-60(38(7)12-3)73(125)101-51(34-130)69(121)95-46(22-17-25-89-78(84)85)66(118)99-50(76(128)129)30-57(113)114/h14-15,19-20,31,36-40,43,45-52,58-62,91,107,130-131H,10-13,16-18,21-30,32-35,80H2,1-9H3,(H2,81,108)(H,92,116)(H,93,123)(H,94,109)(H,95,121)(H,96,127)(H,97,117)(H,98,124)(H,99,118)(H,100,115)(H,101,125)(H,102,110)(H,103,119)(H,104,120)(H,105,126)(H,106,122)(H,111,112)(H,113,114)(H,128,129)(H4,82,83,88)(H4,84,85,89)(H4,86,87,90)/t36-,37-,38-,39-,40+,43-,45-,46-,47-,48-,49-,50-,51-,52-,58-,59-,60-,61-,62-/m0/s1. The zero-order valence-corrected chi connectivity index (χ0v) is 76.3. The second-order valence-electron chi connectivity index (χ2n) is 31.4. The molecule has 50 nitrogen and oxygen atoms in total. The van der Waals surface area contributed by atoms with Gasteiger partial charge in [-0.2, -0.15) is 25.3 Å². The molecule has 36 N–H and O–H groups in total. The molecule has 0 aliphatic rings. The van der Waals surface area contributed by atoms with Gasteiger partial charge in [-0.05, 0) is 80.8 Å². The first kappa shape index (κ1) is 114. The van der Waals surface area contributed by atoms with Crippen molar-refractivity contribution in [3.05, 3.63) is 36.0 Å². The third-order valence-electron chi connectivity index (χ3n) is 21.1. The number of fused-ring (bicyclic) bond motifs is 1. The van der Waals surface area contributed by atoms with Crippen molar-refractivity contribution in [2.24, 2.45) is 52.3 Å². The fourth-order valence-electron chi connectivity index (χ4n) is 12.7. The fraction of sp³-hybridized carbons (Fsp3) is 0.620. The van der Waals surface area contributed by atoms with E-state index in [1.165, 1.54) is 0 Å². The molecule has 2 aromatic rings. The van der Waals surface area contributed by atoms with Crippen LogP contribution in [0.5, 0.6) is 0 Å².